The van der Waals surface area contributed by atoms with E-state index in [0.29, 0.717) is 19.3 Å². The highest BCUT2D eigenvalue weighted by molar-refractivity contribution is 6.29. The Kier molecular flexibility index (Phi) is 3.98. The number of ether oxygens (including phenoxy) is 3. The van der Waals surface area contributed by atoms with Crippen LogP contribution in [0, 0.1) is 5.92 Å². The molecule has 0 N–H and O–H groups in total. The predicted molar refractivity (Wildman–Crippen MR) is 103 cm³/mol. The largest absolute Gasteiger partial charge is 0.426 e. The van der Waals surface area contributed by atoms with Crippen molar-refractivity contribution in [3.8, 4) is 5.75 Å². The zero-order valence-corrected chi connectivity index (χ0v) is 17.1. The number of esters is 1. The van der Waals surface area contributed by atoms with Gasteiger partial charge < -0.3 is 14.2 Å². The second-order valence-electron chi connectivity index (χ2n) is 8.84. The fraction of sp³-hybridized carbons (Fsp3) is 0.478. The van der Waals surface area contributed by atoms with Crippen molar-refractivity contribution in [2.24, 2.45) is 5.92 Å². The van der Waals surface area contributed by atoms with Gasteiger partial charge in [0.25, 0.3) is 0 Å². The summed E-state index contributed by atoms with van der Waals surface area (Å²) in [4.78, 5) is 51.7. The van der Waals surface area contributed by atoms with E-state index in [-0.39, 0.29) is 46.0 Å². The van der Waals surface area contributed by atoms with E-state index < -0.39 is 35.2 Å². The van der Waals surface area contributed by atoms with Crippen LogP contribution in [0.2, 0.25) is 0 Å². The topological polar surface area (TPSA) is 96.0 Å². The van der Waals surface area contributed by atoms with Crippen molar-refractivity contribution in [1.82, 2.24) is 0 Å². The summed E-state index contributed by atoms with van der Waals surface area (Å²) < 4.78 is 17.6. The molecule has 1 saturated carbocycles. The van der Waals surface area contributed by atoms with Crippen LogP contribution in [0.1, 0.15) is 67.2 Å². The first-order valence-corrected chi connectivity index (χ1v) is 10.2. The zero-order chi connectivity index (χ0) is 21.4. The third kappa shape index (κ3) is 2.51. The molecular formula is C23H22O7. The van der Waals surface area contributed by atoms with Gasteiger partial charge in [0.1, 0.15) is 17.1 Å². The fourth-order valence-corrected chi connectivity index (χ4v) is 5.61. The molecule has 0 radical (unpaired) electrons. The van der Waals surface area contributed by atoms with Crippen LogP contribution in [-0.2, 0) is 19.1 Å². The van der Waals surface area contributed by atoms with Crippen molar-refractivity contribution in [3.05, 3.63) is 40.5 Å². The fourth-order valence-electron chi connectivity index (χ4n) is 5.61. The van der Waals surface area contributed by atoms with Crippen LogP contribution in [-0.4, -0.2) is 40.8 Å². The van der Waals surface area contributed by atoms with Crippen LogP contribution in [0.3, 0.4) is 0 Å². The molecule has 7 heteroatoms. The van der Waals surface area contributed by atoms with E-state index in [1.165, 1.54) is 19.1 Å². The lowest BCUT2D eigenvalue weighted by molar-refractivity contribution is -0.178. The summed E-state index contributed by atoms with van der Waals surface area (Å²) in [7, 11) is 0. The molecule has 3 atom stereocenters. The molecule has 4 aliphatic rings. The summed E-state index contributed by atoms with van der Waals surface area (Å²) in [5.41, 5.74) is -0.199. The molecular weight excluding hydrogens is 388 g/mol. The van der Waals surface area contributed by atoms with Gasteiger partial charge in [0.2, 0.25) is 0 Å². The van der Waals surface area contributed by atoms with Crippen LogP contribution in [0.4, 0.5) is 0 Å². The van der Waals surface area contributed by atoms with Gasteiger partial charge in [0, 0.05) is 36.5 Å². The van der Waals surface area contributed by atoms with Crippen molar-refractivity contribution in [1.29, 1.82) is 0 Å². The minimum atomic E-state index is -0.932. The van der Waals surface area contributed by atoms with Crippen molar-refractivity contribution >= 4 is 23.3 Å². The molecule has 7 nitrogen and oxygen atoms in total. The van der Waals surface area contributed by atoms with Gasteiger partial charge in [-0.2, -0.15) is 0 Å². The second kappa shape index (κ2) is 6.18. The summed E-state index contributed by atoms with van der Waals surface area (Å²) >= 11 is 0. The lowest BCUT2D eigenvalue weighted by Gasteiger charge is -2.47. The molecule has 1 heterocycles. The Morgan fingerprint density at radius 1 is 1.17 bits per heavy atom. The number of carbonyl (C=O) groups excluding carboxylic acids is 4. The Bertz CT molecular complexity index is 1060. The molecule has 3 aliphatic carbocycles. The van der Waals surface area contributed by atoms with Crippen molar-refractivity contribution in [3.63, 3.8) is 0 Å². The molecule has 1 spiro atoms. The van der Waals surface area contributed by atoms with Crippen LogP contribution in [0.25, 0.3) is 0 Å². The molecule has 0 aromatic heterocycles. The molecule has 1 aromatic rings. The minimum Gasteiger partial charge on any atom is -0.426 e. The number of fused-ring (bicyclic) bond motifs is 2. The van der Waals surface area contributed by atoms with Gasteiger partial charge in [0.05, 0.1) is 17.6 Å². The van der Waals surface area contributed by atoms with E-state index in [1.807, 2.05) is 0 Å². The Balaban J connectivity index is 1.70. The minimum absolute atomic E-state index is 0.0561. The normalized spacial score (nSPS) is 31.6. The van der Waals surface area contributed by atoms with Crippen LogP contribution in [0.5, 0.6) is 5.75 Å². The lowest BCUT2D eigenvalue weighted by Crippen LogP contribution is -2.58. The Morgan fingerprint density at radius 3 is 2.67 bits per heavy atom. The first-order valence-electron chi connectivity index (χ1n) is 10.2. The van der Waals surface area contributed by atoms with Gasteiger partial charge in [-0.1, -0.05) is 12.1 Å². The summed E-state index contributed by atoms with van der Waals surface area (Å²) in [5.74, 6) is -3.14. The maximum Gasteiger partial charge on any atom is 0.308 e. The number of rotatable bonds is 1. The smallest absolute Gasteiger partial charge is 0.308 e. The molecule has 1 aliphatic heterocycles. The third-order valence-corrected chi connectivity index (χ3v) is 6.48. The highest BCUT2D eigenvalue weighted by Crippen LogP contribution is 2.56. The SMILES string of the molecule is CC(=O)Oc1cccc2c1C(=O)C1=C(C2=O)[C@H]2C(=O)CCC[C@]23OC(C)(C)O[C@@H]3C1. The first kappa shape index (κ1) is 19.3. The Morgan fingerprint density at radius 2 is 1.93 bits per heavy atom. The van der Waals surface area contributed by atoms with E-state index in [0.717, 1.165) is 0 Å². The molecule has 156 valence electrons. The molecule has 2 fully saturated rings. The van der Waals surface area contributed by atoms with E-state index in [2.05, 4.69) is 0 Å². The second-order valence-corrected chi connectivity index (χ2v) is 8.84. The molecule has 1 aromatic carbocycles. The van der Waals surface area contributed by atoms with Crippen LogP contribution >= 0.6 is 0 Å². The summed E-state index contributed by atoms with van der Waals surface area (Å²) in [6.45, 7) is 4.81. The number of ketones is 3. The quantitative estimate of drug-likeness (QED) is 0.519. The van der Waals surface area contributed by atoms with E-state index in [4.69, 9.17) is 14.2 Å². The molecule has 5 rings (SSSR count). The number of Topliss-reactive ketones (excluding diaryl/α,β-unsaturated/α-hetero) is 3. The van der Waals surface area contributed by atoms with Gasteiger partial charge in [-0.05, 0) is 32.8 Å². The summed E-state index contributed by atoms with van der Waals surface area (Å²) in [5, 5.41) is 0. The van der Waals surface area contributed by atoms with E-state index >= 15 is 0 Å². The van der Waals surface area contributed by atoms with Gasteiger partial charge in [0.15, 0.2) is 17.4 Å². The van der Waals surface area contributed by atoms with Gasteiger partial charge in [-0.25, -0.2) is 0 Å². The maximum atomic E-state index is 13.6. The Hall–Kier alpha value is -2.64. The zero-order valence-electron chi connectivity index (χ0n) is 17.1. The monoisotopic (exact) mass is 410 g/mol. The number of benzene rings is 1. The van der Waals surface area contributed by atoms with Crippen molar-refractivity contribution in [2.75, 3.05) is 0 Å². The average Bonchev–Trinajstić information content (AvgIpc) is 2.92. The first-order chi connectivity index (χ1) is 14.1. The third-order valence-electron chi connectivity index (χ3n) is 6.48. The lowest BCUT2D eigenvalue weighted by atomic mass is 9.59. The van der Waals surface area contributed by atoms with Crippen molar-refractivity contribution < 1.29 is 33.4 Å². The van der Waals surface area contributed by atoms with Crippen LogP contribution in [0.15, 0.2) is 29.3 Å². The predicted octanol–water partition coefficient (Wildman–Crippen LogP) is 2.95. The molecule has 0 amide bonds. The molecule has 0 unspecified atom stereocenters. The van der Waals surface area contributed by atoms with Crippen molar-refractivity contribution in [2.45, 2.75) is 63.9 Å². The number of hydrogen-bond donors (Lipinski definition) is 0. The highest BCUT2D eigenvalue weighted by Gasteiger charge is 2.65. The van der Waals surface area contributed by atoms with Gasteiger partial charge in [-0.3, -0.25) is 19.2 Å². The average molecular weight is 410 g/mol. The number of carbonyl (C=O) groups is 4. The van der Waals surface area contributed by atoms with Crippen LogP contribution < -0.4 is 4.74 Å². The van der Waals surface area contributed by atoms with E-state index in [1.54, 1.807) is 19.9 Å². The van der Waals surface area contributed by atoms with Gasteiger partial charge >= 0.3 is 5.97 Å². The molecule has 1 saturated heterocycles. The Labute approximate surface area is 173 Å². The highest BCUT2D eigenvalue weighted by atomic mass is 16.8. The summed E-state index contributed by atoms with van der Waals surface area (Å²) in [6.07, 6.45) is 1.27. The standard InChI is InChI=1S/C23H22O7/c1-11(24)28-15-8-4-6-12-17(15)21(27)13-10-16-23(30-22(2,3)29-16)9-5-7-14(25)19(23)18(13)20(12)26/h4,6,8,16,19H,5,7,9-10H2,1-3H3/t16-,19-,23-/m1/s1. The maximum absolute atomic E-state index is 13.6. The summed E-state index contributed by atoms with van der Waals surface area (Å²) in [6, 6.07) is 4.60. The molecule has 30 heavy (non-hydrogen) atoms. The molecule has 0 bridgehead atoms. The van der Waals surface area contributed by atoms with E-state index in [9.17, 15) is 19.2 Å². The number of hydrogen-bond acceptors (Lipinski definition) is 7. The van der Waals surface area contributed by atoms with Gasteiger partial charge in [-0.15, -0.1) is 0 Å².